The van der Waals surface area contributed by atoms with Crippen molar-refractivity contribution in [1.82, 2.24) is 0 Å². The number of nitrogens with zero attached hydrogens (tertiary/aromatic N) is 2. The average molecular weight is 124 g/mol. The molecule has 50 valence electrons. The van der Waals surface area contributed by atoms with Crippen LogP contribution in [0.15, 0.2) is 22.8 Å². The van der Waals surface area contributed by atoms with Crippen LogP contribution in [-0.4, -0.2) is 12.6 Å². The van der Waals surface area contributed by atoms with E-state index < -0.39 is 0 Å². The Bertz CT molecular complexity index is 123. The molecular weight excluding hydrogens is 112 g/mol. The van der Waals surface area contributed by atoms with Crippen molar-refractivity contribution in [2.75, 3.05) is 0 Å². The Balaban J connectivity index is 3.46. The molecule has 0 rings (SSSR count). The second-order valence-corrected chi connectivity index (χ2v) is 1.99. The van der Waals surface area contributed by atoms with Crippen LogP contribution < -0.4 is 0 Å². The molecule has 0 aromatic rings. The van der Waals surface area contributed by atoms with Gasteiger partial charge in [0.15, 0.2) is 0 Å². The fourth-order valence-electron chi connectivity index (χ4n) is 0.296. The zero-order valence-electron chi connectivity index (χ0n) is 5.91. The highest BCUT2D eigenvalue weighted by Gasteiger charge is 1.79. The summed E-state index contributed by atoms with van der Waals surface area (Å²) in [6.45, 7) is 7.53. The smallest absolute Gasteiger partial charge is 0.114 e. The highest BCUT2D eigenvalue weighted by atomic mass is 14.8. The SMILES string of the molecule is C=C/N=C\N=C/C(C)C. The van der Waals surface area contributed by atoms with Crippen molar-refractivity contribution in [3.05, 3.63) is 12.8 Å². The van der Waals surface area contributed by atoms with E-state index >= 15 is 0 Å². The molecule has 2 nitrogen and oxygen atoms in total. The van der Waals surface area contributed by atoms with Crippen molar-refractivity contribution in [1.29, 1.82) is 0 Å². The fraction of sp³-hybridized carbons (Fsp3) is 0.429. The molecule has 0 heterocycles. The van der Waals surface area contributed by atoms with Gasteiger partial charge in [-0.05, 0) is 5.92 Å². The van der Waals surface area contributed by atoms with Crippen LogP contribution in [0.4, 0.5) is 0 Å². The predicted molar refractivity (Wildman–Crippen MR) is 42.0 cm³/mol. The number of hydrogen-bond acceptors (Lipinski definition) is 1. The maximum atomic E-state index is 3.87. The van der Waals surface area contributed by atoms with E-state index in [0.29, 0.717) is 5.92 Å². The summed E-state index contributed by atoms with van der Waals surface area (Å²) in [7, 11) is 0. The highest BCUT2D eigenvalue weighted by Crippen LogP contribution is 1.82. The van der Waals surface area contributed by atoms with Gasteiger partial charge in [0.05, 0.1) is 0 Å². The molecule has 0 N–H and O–H groups in total. The molecule has 0 unspecified atom stereocenters. The predicted octanol–water partition coefficient (Wildman–Crippen LogP) is 1.89. The lowest BCUT2D eigenvalue weighted by Crippen LogP contribution is -1.85. The van der Waals surface area contributed by atoms with Crippen molar-refractivity contribution < 1.29 is 0 Å². The molecule has 0 amide bonds. The van der Waals surface area contributed by atoms with Crippen molar-refractivity contribution in [2.24, 2.45) is 15.9 Å². The second kappa shape index (κ2) is 5.22. The zero-order valence-corrected chi connectivity index (χ0v) is 5.91. The van der Waals surface area contributed by atoms with Crippen LogP contribution in [0.1, 0.15) is 13.8 Å². The summed E-state index contributed by atoms with van der Waals surface area (Å²) >= 11 is 0. The number of hydrogen-bond donors (Lipinski definition) is 0. The van der Waals surface area contributed by atoms with Gasteiger partial charge in [-0.3, -0.25) is 0 Å². The first-order valence-electron chi connectivity index (χ1n) is 2.93. The molecule has 0 aliphatic heterocycles. The molecule has 0 aliphatic rings. The lowest BCUT2D eigenvalue weighted by molar-refractivity contribution is 0.909. The molecule has 0 fully saturated rings. The van der Waals surface area contributed by atoms with Crippen molar-refractivity contribution in [2.45, 2.75) is 13.8 Å². The van der Waals surface area contributed by atoms with E-state index in [-0.39, 0.29) is 0 Å². The summed E-state index contributed by atoms with van der Waals surface area (Å²) in [5.74, 6) is 0.487. The quantitative estimate of drug-likeness (QED) is 0.405. The Morgan fingerprint density at radius 3 is 2.44 bits per heavy atom. The minimum absolute atomic E-state index is 0.487. The van der Waals surface area contributed by atoms with Gasteiger partial charge >= 0.3 is 0 Å². The molecule has 0 saturated heterocycles. The maximum absolute atomic E-state index is 3.87. The monoisotopic (exact) mass is 124 g/mol. The third kappa shape index (κ3) is 7.08. The standard InChI is InChI=1S/C7H12N2/c1-4-8-6-9-5-7(2)3/h4-7H,1H2,2-3H3/b8-6-,9-5-. The zero-order chi connectivity index (χ0) is 7.11. The van der Waals surface area contributed by atoms with Gasteiger partial charge in [0.1, 0.15) is 6.34 Å². The van der Waals surface area contributed by atoms with Gasteiger partial charge in [0.25, 0.3) is 0 Å². The van der Waals surface area contributed by atoms with Crippen LogP contribution >= 0.6 is 0 Å². The summed E-state index contributed by atoms with van der Waals surface area (Å²) in [4.78, 5) is 7.56. The van der Waals surface area contributed by atoms with E-state index in [4.69, 9.17) is 0 Å². The van der Waals surface area contributed by atoms with E-state index in [1.54, 1.807) is 0 Å². The first kappa shape index (κ1) is 8.08. The van der Waals surface area contributed by atoms with Gasteiger partial charge in [-0.15, -0.1) is 0 Å². The van der Waals surface area contributed by atoms with Gasteiger partial charge in [-0.2, -0.15) is 0 Å². The number of rotatable bonds is 3. The first-order chi connectivity index (χ1) is 4.27. The first-order valence-corrected chi connectivity index (χ1v) is 2.93. The van der Waals surface area contributed by atoms with E-state index in [0.717, 1.165) is 0 Å². The van der Waals surface area contributed by atoms with E-state index in [1.807, 2.05) is 6.21 Å². The van der Waals surface area contributed by atoms with Crippen LogP contribution in [0.2, 0.25) is 0 Å². The fourth-order valence-corrected chi connectivity index (χ4v) is 0.296. The van der Waals surface area contributed by atoms with Crippen molar-refractivity contribution in [3.63, 3.8) is 0 Å². The second-order valence-electron chi connectivity index (χ2n) is 1.99. The lowest BCUT2D eigenvalue weighted by atomic mass is 10.3. The third-order valence-corrected chi connectivity index (χ3v) is 0.623. The van der Waals surface area contributed by atoms with Gasteiger partial charge < -0.3 is 0 Å². The molecule has 0 aromatic heterocycles. The largest absolute Gasteiger partial charge is 0.249 e. The summed E-state index contributed by atoms with van der Waals surface area (Å²) in [6.07, 6.45) is 4.76. The highest BCUT2D eigenvalue weighted by molar-refractivity contribution is 5.73. The molecule has 0 atom stereocenters. The van der Waals surface area contributed by atoms with Crippen LogP contribution in [0, 0.1) is 5.92 Å². The lowest BCUT2D eigenvalue weighted by Gasteiger charge is -1.86. The van der Waals surface area contributed by atoms with E-state index in [1.165, 1.54) is 12.5 Å². The van der Waals surface area contributed by atoms with Crippen LogP contribution in [0.3, 0.4) is 0 Å². The molecule has 2 heteroatoms. The Labute approximate surface area is 56.0 Å². The Morgan fingerprint density at radius 2 is 2.00 bits per heavy atom. The molecule has 0 saturated carbocycles. The van der Waals surface area contributed by atoms with Crippen LogP contribution in [0.5, 0.6) is 0 Å². The van der Waals surface area contributed by atoms with Crippen LogP contribution in [0.25, 0.3) is 0 Å². The molecule has 9 heavy (non-hydrogen) atoms. The minimum atomic E-state index is 0.487. The summed E-state index contributed by atoms with van der Waals surface area (Å²) in [5, 5.41) is 0. The Kier molecular flexibility index (Phi) is 4.69. The van der Waals surface area contributed by atoms with E-state index in [9.17, 15) is 0 Å². The van der Waals surface area contributed by atoms with Gasteiger partial charge in [0, 0.05) is 12.4 Å². The average Bonchev–Trinajstić information content (AvgIpc) is 1.80. The molecule has 0 aromatic carbocycles. The molecule has 0 radical (unpaired) electrons. The van der Waals surface area contributed by atoms with Gasteiger partial charge in [-0.1, -0.05) is 20.4 Å². The summed E-state index contributed by atoms with van der Waals surface area (Å²) in [6, 6.07) is 0. The Hall–Kier alpha value is -0.920. The molecule has 0 aliphatic carbocycles. The van der Waals surface area contributed by atoms with Crippen molar-refractivity contribution >= 4 is 12.6 Å². The topological polar surface area (TPSA) is 24.7 Å². The molecular formula is C7H12N2. The summed E-state index contributed by atoms with van der Waals surface area (Å²) < 4.78 is 0. The minimum Gasteiger partial charge on any atom is -0.249 e. The molecule has 0 spiro atoms. The van der Waals surface area contributed by atoms with Gasteiger partial charge in [0.2, 0.25) is 0 Å². The third-order valence-electron chi connectivity index (χ3n) is 0.623. The number of aliphatic imine (C=N–C) groups is 2. The van der Waals surface area contributed by atoms with Gasteiger partial charge in [-0.25, -0.2) is 9.98 Å². The van der Waals surface area contributed by atoms with Crippen molar-refractivity contribution in [3.8, 4) is 0 Å². The van der Waals surface area contributed by atoms with Crippen LogP contribution in [-0.2, 0) is 0 Å². The molecule has 0 bridgehead atoms. The Morgan fingerprint density at radius 1 is 1.33 bits per heavy atom. The van der Waals surface area contributed by atoms with E-state index in [2.05, 4.69) is 30.4 Å². The normalized spacial score (nSPS) is 11.9. The summed E-state index contributed by atoms with van der Waals surface area (Å²) in [5.41, 5.74) is 0. The maximum Gasteiger partial charge on any atom is 0.114 e.